The first-order valence-electron chi connectivity index (χ1n) is 7.64. The lowest BCUT2D eigenvalue weighted by molar-refractivity contribution is -0.114. The number of carbonyl (C=O) groups excluding carboxylic acids is 1. The zero-order valence-corrected chi connectivity index (χ0v) is 13.4. The summed E-state index contributed by atoms with van der Waals surface area (Å²) in [6.07, 6.45) is 1.81. The Labute approximate surface area is 142 Å². The Kier molecular flexibility index (Phi) is 4.18. The fraction of sp³-hybridized carbons (Fsp3) is 0.176. The average molecular weight is 341 g/mol. The maximum Gasteiger partial charge on any atom is 0.254 e. The Balaban J connectivity index is 2.08. The number of anilines is 2. The summed E-state index contributed by atoms with van der Waals surface area (Å²) >= 11 is 0. The lowest BCUT2D eigenvalue weighted by atomic mass is 9.82. The van der Waals surface area contributed by atoms with E-state index in [2.05, 4.69) is 15.3 Å². The first-order valence-corrected chi connectivity index (χ1v) is 7.64. The topological polar surface area (TPSA) is 125 Å². The van der Waals surface area contributed by atoms with Crippen LogP contribution >= 0.6 is 0 Å². The van der Waals surface area contributed by atoms with Gasteiger partial charge in [0, 0.05) is 12.1 Å². The summed E-state index contributed by atoms with van der Waals surface area (Å²) in [6.45, 7) is 1.83. The minimum absolute atomic E-state index is 0.0875. The van der Waals surface area contributed by atoms with Crippen LogP contribution in [0.2, 0.25) is 0 Å². The van der Waals surface area contributed by atoms with Gasteiger partial charge in [0.05, 0.1) is 22.7 Å². The smallest absolute Gasteiger partial charge is 0.254 e. The number of aromatic nitrogens is 2. The van der Waals surface area contributed by atoms with Crippen molar-refractivity contribution in [2.45, 2.75) is 19.3 Å². The first kappa shape index (κ1) is 16.6. The van der Waals surface area contributed by atoms with E-state index in [1.54, 1.807) is 18.2 Å². The number of amides is 1. The number of benzene rings is 1. The molecule has 1 amide bonds. The van der Waals surface area contributed by atoms with Crippen molar-refractivity contribution in [1.82, 2.24) is 9.97 Å². The predicted molar refractivity (Wildman–Crippen MR) is 91.2 cm³/mol. The average Bonchev–Trinajstić information content (AvgIpc) is 2.57. The Hall–Kier alpha value is -3.29. The number of hydrogen-bond donors (Lipinski definition) is 4. The SMILES string of the molecule is CCC1C(=N)C(C(N)=O)=C(O)c2cnc(Nc3ccccc3F)nc21. The summed E-state index contributed by atoms with van der Waals surface area (Å²) in [5.41, 5.74) is 5.81. The van der Waals surface area contributed by atoms with Gasteiger partial charge in [0.15, 0.2) is 0 Å². The normalized spacial score (nSPS) is 16.6. The number of nitrogens with two attached hydrogens (primary N) is 1. The number of nitrogens with zero attached hydrogens (tertiary/aromatic N) is 2. The molecule has 2 aromatic rings. The highest BCUT2D eigenvalue weighted by atomic mass is 19.1. The number of aliphatic hydroxyl groups excluding tert-OH is 1. The third-order valence-electron chi connectivity index (χ3n) is 4.03. The van der Waals surface area contributed by atoms with Crippen molar-refractivity contribution in [2.75, 3.05) is 5.32 Å². The molecule has 1 aliphatic rings. The number of para-hydroxylation sites is 1. The van der Waals surface area contributed by atoms with Gasteiger partial charge in [-0.2, -0.15) is 0 Å². The zero-order valence-electron chi connectivity index (χ0n) is 13.4. The van der Waals surface area contributed by atoms with Gasteiger partial charge in [-0.05, 0) is 18.6 Å². The molecule has 0 saturated carbocycles. The molecule has 0 radical (unpaired) electrons. The van der Waals surface area contributed by atoms with E-state index in [1.807, 2.05) is 6.92 Å². The molecule has 5 N–H and O–H groups in total. The highest BCUT2D eigenvalue weighted by Crippen LogP contribution is 2.36. The molecule has 8 heteroatoms. The van der Waals surface area contributed by atoms with Gasteiger partial charge in [0.2, 0.25) is 5.95 Å². The van der Waals surface area contributed by atoms with Gasteiger partial charge in [0.1, 0.15) is 17.1 Å². The van der Waals surface area contributed by atoms with Crippen LogP contribution in [0.5, 0.6) is 0 Å². The number of carbonyl (C=O) groups is 1. The van der Waals surface area contributed by atoms with Crippen LogP contribution in [0.1, 0.15) is 30.5 Å². The summed E-state index contributed by atoms with van der Waals surface area (Å²) in [5, 5.41) is 21.2. The second kappa shape index (κ2) is 6.31. The molecule has 1 aromatic heterocycles. The number of fused-ring (bicyclic) bond motifs is 1. The van der Waals surface area contributed by atoms with E-state index >= 15 is 0 Å². The third-order valence-corrected chi connectivity index (χ3v) is 4.03. The fourth-order valence-electron chi connectivity index (χ4n) is 2.81. The first-order chi connectivity index (χ1) is 11.9. The maximum atomic E-state index is 13.8. The Morgan fingerprint density at radius 3 is 2.80 bits per heavy atom. The maximum absolute atomic E-state index is 13.8. The van der Waals surface area contributed by atoms with Crippen LogP contribution in [0.25, 0.3) is 5.76 Å². The van der Waals surface area contributed by atoms with E-state index in [1.165, 1.54) is 12.3 Å². The van der Waals surface area contributed by atoms with Crippen molar-refractivity contribution in [3.8, 4) is 0 Å². The van der Waals surface area contributed by atoms with Crippen molar-refractivity contribution in [3.05, 3.63) is 53.1 Å². The van der Waals surface area contributed by atoms with Crippen LogP contribution in [0, 0.1) is 11.2 Å². The monoisotopic (exact) mass is 341 g/mol. The minimum Gasteiger partial charge on any atom is -0.506 e. The molecule has 0 fully saturated rings. The molecule has 0 saturated heterocycles. The third kappa shape index (κ3) is 2.82. The van der Waals surface area contributed by atoms with Crippen LogP contribution in [0.15, 0.2) is 36.0 Å². The second-order valence-corrected chi connectivity index (χ2v) is 5.56. The quantitative estimate of drug-likeness (QED) is 0.680. The molecule has 0 aliphatic heterocycles. The molecule has 1 atom stereocenters. The number of nitrogens with one attached hydrogen (secondary N) is 2. The van der Waals surface area contributed by atoms with Gasteiger partial charge in [-0.15, -0.1) is 0 Å². The molecule has 1 unspecified atom stereocenters. The molecule has 25 heavy (non-hydrogen) atoms. The van der Waals surface area contributed by atoms with Gasteiger partial charge in [0.25, 0.3) is 5.91 Å². The molecule has 128 valence electrons. The van der Waals surface area contributed by atoms with Crippen molar-refractivity contribution in [3.63, 3.8) is 0 Å². The molecule has 7 nitrogen and oxygen atoms in total. The molecule has 1 aliphatic carbocycles. The van der Waals surface area contributed by atoms with E-state index < -0.39 is 23.4 Å². The van der Waals surface area contributed by atoms with Gasteiger partial charge < -0.3 is 21.6 Å². The fourth-order valence-corrected chi connectivity index (χ4v) is 2.81. The highest BCUT2D eigenvalue weighted by molar-refractivity contribution is 6.27. The van der Waals surface area contributed by atoms with Gasteiger partial charge in [-0.3, -0.25) is 4.79 Å². The highest BCUT2D eigenvalue weighted by Gasteiger charge is 2.35. The Morgan fingerprint density at radius 2 is 2.16 bits per heavy atom. The summed E-state index contributed by atoms with van der Waals surface area (Å²) in [4.78, 5) is 19.9. The summed E-state index contributed by atoms with van der Waals surface area (Å²) in [7, 11) is 0. The van der Waals surface area contributed by atoms with Crippen molar-refractivity contribution in [2.24, 2.45) is 5.73 Å². The standard InChI is InChI=1S/C17H16FN5O2/c1-2-8-13(19)12(16(20)25)15(24)9-7-21-17(23-14(8)9)22-11-6-4-3-5-10(11)18/h3-8,19,24H,2H2,1H3,(H2,20,25)(H,21,22,23). The van der Waals surface area contributed by atoms with Crippen molar-refractivity contribution in [1.29, 1.82) is 5.41 Å². The summed E-state index contributed by atoms with van der Waals surface area (Å²) in [6, 6.07) is 6.08. The molecule has 1 aromatic carbocycles. The molecular formula is C17H16FN5O2. The molecule has 1 heterocycles. The van der Waals surface area contributed by atoms with E-state index in [4.69, 9.17) is 11.1 Å². The van der Waals surface area contributed by atoms with Crippen LogP contribution in [-0.2, 0) is 4.79 Å². The van der Waals surface area contributed by atoms with E-state index in [0.717, 1.165) is 0 Å². The van der Waals surface area contributed by atoms with Crippen LogP contribution in [0.3, 0.4) is 0 Å². The van der Waals surface area contributed by atoms with E-state index in [9.17, 15) is 14.3 Å². The minimum atomic E-state index is -0.875. The number of aliphatic hydroxyl groups is 1. The number of primary amides is 1. The lowest BCUT2D eigenvalue weighted by Crippen LogP contribution is -2.30. The summed E-state index contributed by atoms with van der Waals surface area (Å²) in [5.74, 6) is -2.12. The predicted octanol–water partition coefficient (Wildman–Crippen LogP) is 2.64. The zero-order chi connectivity index (χ0) is 18.1. The van der Waals surface area contributed by atoms with Gasteiger partial charge >= 0.3 is 0 Å². The Morgan fingerprint density at radius 1 is 1.44 bits per heavy atom. The molecule has 0 bridgehead atoms. The number of hydrogen-bond acceptors (Lipinski definition) is 6. The molecular weight excluding hydrogens is 325 g/mol. The Bertz CT molecular complexity index is 910. The number of halogens is 1. The van der Waals surface area contributed by atoms with Crippen LogP contribution in [-0.4, -0.2) is 26.7 Å². The molecule has 3 rings (SSSR count). The second-order valence-electron chi connectivity index (χ2n) is 5.56. The van der Waals surface area contributed by atoms with E-state index in [-0.39, 0.29) is 28.5 Å². The lowest BCUT2D eigenvalue weighted by Gasteiger charge is -2.25. The van der Waals surface area contributed by atoms with Crippen LogP contribution < -0.4 is 11.1 Å². The van der Waals surface area contributed by atoms with Crippen LogP contribution in [0.4, 0.5) is 16.0 Å². The number of rotatable bonds is 4. The van der Waals surface area contributed by atoms with Gasteiger partial charge in [-0.25, -0.2) is 14.4 Å². The molecule has 0 spiro atoms. The van der Waals surface area contributed by atoms with E-state index in [0.29, 0.717) is 12.1 Å². The van der Waals surface area contributed by atoms with Crippen molar-refractivity contribution < 1.29 is 14.3 Å². The largest absolute Gasteiger partial charge is 0.506 e. The summed E-state index contributed by atoms with van der Waals surface area (Å²) < 4.78 is 13.8. The van der Waals surface area contributed by atoms with Crippen molar-refractivity contribution >= 4 is 29.0 Å². The van der Waals surface area contributed by atoms with Gasteiger partial charge in [-0.1, -0.05) is 19.1 Å².